The molecule has 0 atom stereocenters. The Hall–Kier alpha value is -1.69. The average molecular weight is 279 g/mol. The molecule has 0 unspecified atom stereocenters. The quantitative estimate of drug-likeness (QED) is 0.797. The fraction of sp³-hybridized carbons (Fsp3) is 0.643. The Balaban J connectivity index is 1.94. The zero-order valence-corrected chi connectivity index (χ0v) is 11.8. The Morgan fingerprint density at radius 1 is 1.35 bits per heavy atom. The summed E-state index contributed by atoms with van der Waals surface area (Å²) in [5, 5.41) is 12.8. The Kier molecular flexibility index (Phi) is 4.89. The number of nitrogens with zero attached hydrogens (tertiary/aromatic N) is 2. The van der Waals surface area contributed by atoms with Crippen molar-refractivity contribution in [2.45, 2.75) is 32.1 Å². The predicted octanol–water partition coefficient (Wildman–Crippen LogP) is 1.62. The van der Waals surface area contributed by atoms with Gasteiger partial charge in [-0.15, -0.1) is 0 Å². The van der Waals surface area contributed by atoms with Crippen molar-refractivity contribution in [3.8, 4) is 0 Å². The predicted molar refractivity (Wildman–Crippen MR) is 74.5 cm³/mol. The number of esters is 1. The van der Waals surface area contributed by atoms with Crippen LogP contribution in [-0.2, 0) is 4.74 Å². The molecule has 0 amide bonds. The maximum Gasteiger partial charge on any atom is 0.358 e. The number of nitrogens with one attached hydrogen (secondary N) is 1. The van der Waals surface area contributed by atoms with E-state index in [2.05, 4.69) is 20.0 Å². The number of hydrogen-bond donors (Lipinski definition) is 2. The number of rotatable bonds is 5. The lowest BCUT2D eigenvalue weighted by Gasteiger charge is -2.35. The van der Waals surface area contributed by atoms with Crippen molar-refractivity contribution in [3.05, 3.63) is 18.1 Å². The molecule has 0 saturated heterocycles. The minimum Gasteiger partial charge on any atom is -0.464 e. The van der Waals surface area contributed by atoms with Crippen molar-refractivity contribution >= 4 is 11.8 Å². The number of anilines is 1. The van der Waals surface area contributed by atoms with Crippen molar-refractivity contribution in [2.75, 3.05) is 25.6 Å². The monoisotopic (exact) mass is 279 g/mol. The SMILES string of the molecule is COC(=O)c1cnc(NCC2(CO)CCCCC2)cn1. The molecule has 0 aliphatic heterocycles. The molecule has 110 valence electrons. The molecular weight excluding hydrogens is 258 g/mol. The van der Waals surface area contributed by atoms with E-state index in [1.54, 1.807) is 0 Å². The Morgan fingerprint density at radius 2 is 2.10 bits per heavy atom. The normalized spacial score (nSPS) is 17.5. The van der Waals surface area contributed by atoms with Crippen molar-refractivity contribution in [1.82, 2.24) is 9.97 Å². The highest BCUT2D eigenvalue weighted by Gasteiger charge is 2.31. The summed E-state index contributed by atoms with van der Waals surface area (Å²) in [5.74, 6) is 0.110. The molecule has 1 aliphatic rings. The molecule has 2 rings (SSSR count). The third-order valence-corrected chi connectivity index (χ3v) is 3.94. The van der Waals surface area contributed by atoms with Gasteiger partial charge in [-0.3, -0.25) is 0 Å². The summed E-state index contributed by atoms with van der Waals surface area (Å²) in [7, 11) is 1.31. The Labute approximate surface area is 118 Å². The van der Waals surface area contributed by atoms with Gasteiger partial charge in [0.1, 0.15) is 5.82 Å². The van der Waals surface area contributed by atoms with Crippen LogP contribution in [0.15, 0.2) is 12.4 Å². The first-order chi connectivity index (χ1) is 9.69. The molecule has 20 heavy (non-hydrogen) atoms. The highest BCUT2D eigenvalue weighted by atomic mass is 16.5. The smallest absolute Gasteiger partial charge is 0.358 e. The van der Waals surface area contributed by atoms with Crippen LogP contribution in [0.25, 0.3) is 0 Å². The summed E-state index contributed by atoms with van der Waals surface area (Å²) in [4.78, 5) is 19.4. The molecular formula is C14H21N3O3. The van der Waals surface area contributed by atoms with Crippen LogP contribution in [0, 0.1) is 5.41 Å². The van der Waals surface area contributed by atoms with E-state index in [9.17, 15) is 9.90 Å². The first kappa shape index (κ1) is 14.7. The highest BCUT2D eigenvalue weighted by Crippen LogP contribution is 2.35. The molecule has 1 aromatic rings. The number of carbonyl (C=O) groups excluding carboxylic acids is 1. The van der Waals surface area contributed by atoms with E-state index in [4.69, 9.17) is 0 Å². The lowest BCUT2D eigenvalue weighted by atomic mass is 9.74. The molecule has 0 radical (unpaired) electrons. The van der Waals surface area contributed by atoms with Crippen molar-refractivity contribution in [1.29, 1.82) is 0 Å². The highest BCUT2D eigenvalue weighted by molar-refractivity contribution is 5.86. The molecule has 2 N–H and O–H groups in total. The number of carbonyl (C=O) groups is 1. The maximum absolute atomic E-state index is 11.2. The summed E-state index contributed by atoms with van der Waals surface area (Å²) >= 11 is 0. The van der Waals surface area contributed by atoms with Gasteiger partial charge >= 0.3 is 5.97 Å². The van der Waals surface area contributed by atoms with Crippen LogP contribution in [0.1, 0.15) is 42.6 Å². The zero-order valence-electron chi connectivity index (χ0n) is 11.8. The Bertz CT molecular complexity index is 441. The fourth-order valence-corrected chi connectivity index (χ4v) is 2.60. The second-order valence-electron chi connectivity index (χ2n) is 5.35. The molecule has 1 saturated carbocycles. The van der Waals surface area contributed by atoms with E-state index in [1.165, 1.54) is 25.9 Å². The van der Waals surface area contributed by atoms with Gasteiger partial charge < -0.3 is 15.2 Å². The maximum atomic E-state index is 11.2. The fourth-order valence-electron chi connectivity index (χ4n) is 2.60. The van der Waals surface area contributed by atoms with Gasteiger partial charge in [0.05, 0.1) is 26.1 Å². The van der Waals surface area contributed by atoms with E-state index in [-0.39, 0.29) is 17.7 Å². The number of hydrogen-bond acceptors (Lipinski definition) is 6. The van der Waals surface area contributed by atoms with E-state index < -0.39 is 5.97 Å². The van der Waals surface area contributed by atoms with Crippen LogP contribution in [0.2, 0.25) is 0 Å². The van der Waals surface area contributed by atoms with Crippen molar-refractivity contribution in [3.63, 3.8) is 0 Å². The van der Waals surface area contributed by atoms with Crippen LogP contribution in [-0.4, -0.2) is 41.3 Å². The molecule has 6 nitrogen and oxygen atoms in total. The summed E-state index contributed by atoms with van der Waals surface area (Å²) in [6.45, 7) is 0.865. The van der Waals surface area contributed by atoms with Gasteiger partial charge in [0, 0.05) is 12.0 Å². The standard InChI is InChI=1S/C14H21N3O3/c1-20-13(19)11-7-16-12(8-15-11)17-9-14(10-18)5-3-2-4-6-14/h7-8,18H,2-6,9-10H2,1H3,(H,16,17). The first-order valence-electron chi connectivity index (χ1n) is 6.94. The van der Waals surface area contributed by atoms with Crippen LogP contribution in [0.3, 0.4) is 0 Å². The minimum atomic E-state index is -0.497. The molecule has 1 fully saturated rings. The molecule has 6 heteroatoms. The van der Waals surface area contributed by atoms with E-state index in [0.717, 1.165) is 25.7 Å². The van der Waals surface area contributed by atoms with Crippen LogP contribution < -0.4 is 5.32 Å². The van der Waals surface area contributed by atoms with Gasteiger partial charge in [0.15, 0.2) is 5.69 Å². The van der Waals surface area contributed by atoms with E-state index in [1.807, 2.05) is 0 Å². The minimum absolute atomic E-state index is 0.0546. The van der Waals surface area contributed by atoms with E-state index in [0.29, 0.717) is 12.4 Å². The lowest BCUT2D eigenvalue weighted by molar-refractivity contribution is 0.0593. The number of aliphatic hydroxyl groups excluding tert-OH is 1. The lowest BCUT2D eigenvalue weighted by Crippen LogP contribution is -2.35. The molecule has 1 aliphatic carbocycles. The number of aromatic nitrogens is 2. The topological polar surface area (TPSA) is 84.3 Å². The van der Waals surface area contributed by atoms with Crippen LogP contribution in [0.4, 0.5) is 5.82 Å². The second-order valence-corrected chi connectivity index (χ2v) is 5.35. The van der Waals surface area contributed by atoms with Crippen LogP contribution >= 0.6 is 0 Å². The summed E-state index contributed by atoms with van der Waals surface area (Å²) in [6.07, 6.45) is 8.54. The van der Waals surface area contributed by atoms with Gasteiger partial charge in [0.25, 0.3) is 0 Å². The van der Waals surface area contributed by atoms with Crippen molar-refractivity contribution < 1.29 is 14.6 Å². The van der Waals surface area contributed by atoms with Gasteiger partial charge in [-0.25, -0.2) is 14.8 Å². The first-order valence-corrected chi connectivity index (χ1v) is 6.94. The number of aliphatic hydroxyl groups is 1. The molecule has 0 aromatic carbocycles. The zero-order chi connectivity index (χ0) is 14.4. The third kappa shape index (κ3) is 3.45. The Morgan fingerprint density at radius 3 is 2.65 bits per heavy atom. The second kappa shape index (κ2) is 6.65. The van der Waals surface area contributed by atoms with Gasteiger partial charge in [-0.2, -0.15) is 0 Å². The number of methoxy groups -OCH3 is 1. The summed E-state index contributed by atoms with van der Waals surface area (Å²) in [6, 6.07) is 0. The average Bonchev–Trinajstić information content (AvgIpc) is 2.53. The molecule has 0 bridgehead atoms. The third-order valence-electron chi connectivity index (χ3n) is 3.94. The summed E-state index contributed by atoms with van der Waals surface area (Å²) < 4.78 is 4.57. The largest absolute Gasteiger partial charge is 0.464 e. The number of ether oxygens (including phenoxy) is 1. The molecule has 1 heterocycles. The van der Waals surface area contributed by atoms with E-state index >= 15 is 0 Å². The van der Waals surface area contributed by atoms with Crippen LogP contribution in [0.5, 0.6) is 0 Å². The van der Waals surface area contributed by atoms with Crippen molar-refractivity contribution in [2.24, 2.45) is 5.41 Å². The molecule has 1 aromatic heterocycles. The van der Waals surface area contributed by atoms with Gasteiger partial charge in [-0.05, 0) is 12.8 Å². The molecule has 0 spiro atoms. The van der Waals surface area contributed by atoms with Gasteiger partial charge in [0.2, 0.25) is 0 Å². The summed E-state index contributed by atoms with van der Waals surface area (Å²) in [5.41, 5.74) is 0.133. The van der Waals surface area contributed by atoms with Gasteiger partial charge in [-0.1, -0.05) is 19.3 Å².